The van der Waals surface area contributed by atoms with Gasteiger partial charge in [-0.15, -0.1) is 0 Å². The van der Waals surface area contributed by atoms with Crippen LogP contribution in [0.3, 0.4) is 0 Å². The van der Waals surface area contributed by atoms with E-state index in [2.05, 4.69) is 5.43 Å². The van der Waals surface area contributed by atoms with Gasteiger partial charge in [0.1, 0.15) is 6.10 Å². The number of rotatable bonds is 7. The molecule has 1 aliphatic carbocycles. The lowest BCUT2D eigenvalue weighted by Gasteiger charge is -2.29. The average Bonchev–Trinajstić information content (AvgIpc) is 2.95. The first-order valence-corrected chi connectivity index (χ1v) is 8.61. The largest absolute Gasteiger partial charge is 0.383 e. The van der Waals surface area contributed by atoms with E-state index in [1.54, 1.807) is 7.11 Å². The first-order valence-electron chi connectivity index (χ1n) is 8.61. The van der Waals surface area contributed by atoms with Crippen LogP contribution in [0.1, 0.15) is 51.4 Å². The van der Waals surface area contributed by atoms with Gasteiger partial charge in [0, 0.05) is 19.7 Å². The number of hydrogen-bond acceptors (Lipinski definition) is 5. The molecule has 6 heteroatoms. The molecule has 6 nitrogen and oxygen atoms in total. The predicted octanol–water partition coefficient (Wildman–Crippen LogP) is 0.787. The number of aliphatic hydroxyl groups is 1. The second-order valence-corrected chi connectivity index (χ2v) is 6.77. The third-order valence-electron chi connectivity index (χ3n) is 4.99. The van der Waals surface area contributed by atoms with Crippen LogP contribution in [0.5, 0.6) is 0 Å². The highest BCUT2D eigenvalue weighted by molar-refractivity contribution is 5.80. The van der Waals surface area contributed by atoms with Gasteiger partial charge in [-0.1, -0.05) is 32.1 Å². The molecule has 22 heavy (non-hydrogen) atoms. The Balaban J connectivity index is 1.77. The summed E-state index contributed by atoms with van der Waals surface area (Å²) < 4.78 is 5.17. The van der Waals surface area contributed by atoms with E-state index < -0.39 is 12.1 Å². The minimum atomic E-state index is -1.13. The molecule has 0 aromatic carbocycles. The van der Waals surface area contributed by atoms with Crippen LogP contribution < -0.4 is 11.2 Å². The average molecular weight is 313 g/mol. The van der Waals surface area contributed by atoms with Gasteiger partial charge in [0.05, 0.1) is 12.6 Å². The van der Waals surface area contributed by atoms with E-state index >= 15 is 0 Å². The smallest absolute Gasteiger partial charge is 0.264 e. The maximum Gasteiger partial charge on any atom is 0.264 e. The predicted molar refractivity (Wildman–Crippen MR) is 84.9 cm³/mol. The zero-order valence-electron chi connectivity index (χ0n) is 13.7. The number of hydrogen-bond donors (Lipinski definition) is 3. The van der Waals surface area contributed by atoms with Gasteiger partial charge in [0.2, 0.25) is 0 Å². The van der Waals surface area contributed by atoms with Crippen LogP contribution in [0.4, 0.5) is 0 Å². The number of nitrogens with one attached hydrogen (secondary N) is 1. The number of aliphatic hydroxyl groups excluding tert-OH is 1. The number of ether oxygens (including phenoxy) is 1. The van der Waals surface area contributed by atoms with Crippen molar-refractivity contribution in [2.45, 2.75) is 69.6 Å². The summed E-state index contributed by atoms with van der Waals surface area (Å²) in [5.74, 6) is 0.172. The molecule has 4 N–H and O–H groups in total. The van der Waals surface area contributed by atoms with Gasteiger partial charge in [-0.2, -0.15) is 0 Å². The minimum Gasteiger partial charge on any atom is -0.383 e. The summed E-state index contributed by atoms with van der Waals surface area (Å²) in [7, 11) is 1.66. The van der Waals surface area contributed by atoms with Crippen molar-refractivity contribution in [3.63, 3.8) is 0 Å². The fraction of sp³-hybridized carbons (Fsp3) is 0.938. The minimum absolute atomic E-state index is 0.190. The summed E-state index contributed by atoms with van der Waals surface area (Å²) in [5.41, 5.74) is 8.88. The molecule has 0 aromatic rings. The SMILES string of the molecule is COC[C@H]1CCCN1NC(=O)C(O)[C@H](N)CC1CCCCC1. The highest BCUT2D eigenvalue weighted by atomic mass is 16.5. The van der Waals surface area contributed by atoms with Crippen molar-refractivity contribution in [1.29, 1.82) is 0 Å². The zero-order valence-corrected chi connectivity index (χ0v) is 13.7. The van der Waals surface area contributed by atoms with Crippen molar-refractivity contribution in [2.75, 3.05) is 20.3 Å². The first kappa shape index (κ1) is 17.7. The number of methoxy groups -OCH3 is 1. The van der Waals surface area contributed by atoms with E-state index in [9.17, 15) is 9.90 Å². The zero-order chi connectivity index (χ0) is 15.9. The molecule has 0 aromatic heterocycles. The second kappa shape index (κ2) is 8.82. The Morgan fingerprint density at radius 3 is 2.73 bits per heavy atom. The summed E-state index contributed by atoms with van der Waals surface area (Å²) >= 11 is 0. The van der Waals surface area contributed by atoms with Crippen LogP contribution in [0, 0.1) is 5.92 Å². The Hall–Kier alpha value is -0.690. The van der Waals surface area contributed by atoms with Gasteiger partial charge >= 0.3 is 0 Å². The van der Waals surface area contributed by atoms with Crippen molar-refractivity contribution < 1.29 is 14.6 Å². The molecule has 2 fully saturated rings. The van der Waals surface area contributed by atoms with E-state index in [1.165, 1.54) is 32.1 Å². The molecule has 1 unspecified atom stereocenters. The Morgan fingerprint density at radius 1 is 1.32 bits per heavy atom. The number of hydrazine groups is 1. The molecule has 1 heterocycles. The lowest BCUT2D eigenvalue weighted by atomic mass is 9.84. The maximum atomic E-state index is 12.2. The van der Waals surface area contributed by atoms with Gasteiger partial charge in [-0.05, 0) is 25.2 Å². The lowest BCUT2D eigenvalue weighted by molar-refractivity contribution is -0.136. The van der Waals surface area contributed by atoms with E-state index in [4.69, 9.17) is 10.5 Å². The molecule has 128 valence electrons. The molecule has 2 aliphatic rings. The quantitative estimate of drug-likeness (QED) is 0.647. The molecule has 1 saturated carbocycles. The van der Waals surface area contributed by atoms with Crippen molar-refractivity contribution in [3.8, 4) is 0 Å². The number of nitrogens with two attached hydrogens (primary N) is 1. The molecule has 1 amide bonds. The number of amides is 1. The summed E-state index contributed by atoms with van der Waals surface area (Å²) in [4.78, 5) is 12.2. The van der Waals surface area contributed by atoms with Gasteiger partial charge in [0.25, 0.3) is 5.91 Å². The molecule has 3 atom stereocenters. The Bertz CT molecular complexity index is 348. The Labute approximate surface area is 133 Å². The number of carbonyl (C=O) groups excluding carboxylic acids is 1. The molecular weight excluding hydrogens is 282 g/mol. The second-order valence-electron chi connectivity index (χ2n) is 6.77. The summed E-state index contributed by atoms with van der Waals surface area (Å²) in [5, 5.41) is 12.1. The van der Waals surface area contributed by atoms with Crippen LogP contribution in [0.15, 0.2) is 0 Å². The number of nitrogens with zero attached hydrogens (tertiary/aromatic N) is 1. The molecule has 0 radical (unpaired) electrons. The normalized spacial score (nSPS) is 26.8. The van der Waals surface area contributed by atoms with Crippen LogP contribution in [-0.2, 0) is 9.53 Å². The van der Waals surface area contributed by atoms with Crippen molar-refractivity contribution >= 4 is 5.91 Å². The van der Waals surface area contributed by atoms with Crippen LogP contribution in [0.2, 0.25) is 0 Å². The highest BCUT2D eigenvalue weighted by Gasteiger charge is 2.31. The van der Waals surface area contributed by atoms with Crippen molar-refractivity contribution in [3.05, 3.63) is 0 Å². The molecule has 0 bridgehead atoms. The lowest BCUT2D eigenvalue weighted by Crippen LogP contribution is -2.54. The summed E-state index contributed by atoms with van der Waals surface area (Å²) in [6.45, 7) is 1.38. The van der Waals surface area contributed by atoms with E-state index in [-0.39, 0.29) is 11.9 Å². The van der Waals surface area contributed by atoms with E-state index in [1.807, 2.05) is 5.01 Å². The molecule has 2 rings (SSSR count). The van der Waals surface area contributed by atoms with Crippen LogP contribution in [0.25, 0.3) is 0 Å². The van der Waals surface area contributed by atoms with Gasteiger partial charge < -0.3 is 15.6 Å². The van der Waals surface area contributed by atoms with Gasteiger partial charge in [-0.3, -0.25) is 10.2 Å². The van der Waals surface area contributed by atoms with E-state index in [0.29, 0.717) is 12.5 Å². The van der Waals surface area contributed by atoms with Crippen molar-refractivity contribution in [1.82, 2.24) is 10.4 Å². The molecule has 1 aliphatic heterocycles. The van der Waals surface area contributed by atoms with E-state index in [0.717, 1.165) is 25.8 Å². The Morgan fingerprint density at radius 2 is 2.05 bits per heavy atom. The first-order chi connectivity index (χ1) is 10.6. The third kappa shape index (κ3) is 4.91. The fourth-order valence-electron chi connectivity index (χ4n) is 3.69. The third-order valence-corrected chi connectivity index (χ3v) is 4.99. The Kier molecular flexibility index (Phi) is 7.08. The summed E-state index contributed by atoms with van der Waals surface area (Å²) in [6.07, 6.45) is 7.75. The highest BCUT2D eigenvalue weighted by Crippen LogP contribution is 2.27. The fourth-order valence-corrected chi connectivity index (χ4v) is 3.69. The number of carbonyl (C=O) groups is 1. The van der Waals surface area contributed by atoms with Crippen LogP contribution in [-0.4, -0.2) is 54.5 Å². The molecule has 0 spiro atoms. The monoisotopic (exact) mass is 313 g/mol. The van der Waals surface area contributed by atoms with Gasteiger partial charge in [-0.25, -0.2) is 5.01 Å². The maximum absolute atomic E-state index is 12.2. The molecular formula is C16H31N3O3. The van der Waals surface area contributed by atoms with Gasteiger partial charge in [0.15, 0.2) is 0 Å². The van der Waals surface area contributed by atoms with Crippen LogP contribution >= 0.6 is 0 Å². The summed E-state index contributed by atoms with van der Waals surface area (Å²) in [6, 6.07) is -0.290. The topological polar surface area (TPSA) is 87.8 Å². The molecule has 1 saturated heterocycles. The standard InChI is InChI=1S/C16H31N3O3/c1-22-11-13-8-5-9-19(13)18-16(21)15(20)14(17)10-12-6-3-2-4-7-12/h12-15,20H,2-11,17H2,1H3,(H,18,21)/t13-,14-,15?/m1/s1. The van der Waals surface area contributed by atoms with Crippen molar-refractivity contribution in [2.24, 2.45) is 11.7 Å².